The lowest BCUT2D eigenvalue weighted by atomic mass is 10.0. The Hall–Kier alpha value is -3.35. The number of aromatic hydroxyl groups is 2. The summed E-state index contributed by atoms with van der Waals surface area (Å²) in [7, 11) is 4.48. The number of hydrogen-bond acceptors (Lipinski definition) is 6. The van der Waals surface area contributed by atoms with Crippen molar-refractivity contribution in [3.8, 4) is 40.0 Å². The molecule has 0 radical (unpaired) electrons. The lowest BCUT2D eigenvalue weighted by Crippen LogP contribution is -2.16. The van der Waals surface area contributed by atoms with Crippen LogP contribution >= 0.6 is 0 Å². The van der Waals surface area contributed by atoms with Crippen LogP contribution < -0.4 is 19.6 Å². The van der Waals surface area contributed by atoms with Crippen LogP contribution in [0.5, 0.6) is 28.7 Å². The minimum absolute atomic E-state index is 0.0104. The number of ether oxygens (including phenoxy) is 3. The molecule has 0 aliphatic rings. The number of methoxy groups -OCH3 is 3. The Morgan fingerprint density at radius 2 is 1.27 bits per heavy atom. The van der Waals surface area contributed by atoms with Gasteiger partial charge in [0.25, 0.3) is 0 Å². The summed E-state index contributed by atoms with van der Waals surface area (Å²) >= 11 is 0. The van der Waals surface area contributed by atoms with E-state index in [1.54, 1.807) is 24.3 Å². The first kappa shape index (κ1) is 32.2. The van der Waals surface area contributed by atoms with Crippen molar-refractivity contribution in [2.45, 2.75) is 103 Å². The first-order valence-electron chi connectivity index (χ1n) is 15.4. The number of phenolic OH excluding ortho intramolecular Hbond substituents is 2. The number of phenols is 2. The maximum Gasteiger partial charge on any atom is 0.235 e. The van der Waals surface area contributed by atoms with Crippen LogP contribution in [0.15, 0.2) is 35.1 Å². The van der Waals surface area contributed by atoms with E-state index < -0.39 is 5.43 Å². The summed E-state index contributed by atoms with van der Waals surface area (Å²) < 4.78 is 18.4. The van der Waals surface area contributed by atoms with Crippen LogP contribution in [0, 0.1) is 0 Å². The molecular weight excluding hydrogens is 518 g/mol. The largest absolute Gasteiger partial charge is 0.507 e. The minimum Gasteiger partial charge on any atom is -0.507 e. The molecule has 0 aliphatic heterocycles. The zero-order valence-corrected chi connectivity index (χ0v) is 25.5. The molecule has 1 aromatic heterocycles. The van der Waals surface area contributed by atoms with Crippen LogP contribution in [0.25, 0.3) is 22.2 Å². The number of hydrogen-bond donors (Lipinski definition) is 2. The van der Waals surface area contributed by atoms with E-state index in [0.29, 0.717) is 34.8 Å². The van der Waals surface area contributed by atoms with E-state index in [9.17, 15) is 15.0 Å². The van der Waals surface area contributed by atoms with E-state index >= 15 is 0 Å². The number of pyridine rings is 1. The summed E-state index contributed by atoms with van der Waals surface area (Å²) in [6, 6.07) is 8.20. The number of rotatable bonds is 19. The highest BCUT2D eigenvalue weighted by atomic mass is 16.5. The lowest BCUT2D eigenvalue weighted by molar-refractivity contribution is 0.373. The molecule has 2 aromatic carbocycles. The average molecular weight is 568 g/mol. The molecule has 3 aromatic rings. The van der Waals surface area contributed by atoms with Crippen LogP contribution in [0.3, 0.4) is 0 Å². The summed E-state index contributed by atoms with van der Waals surface area (Å²) in [4.78, 5) is 13.5. The van der Waals surface area contributed by atoms with Gasteiger partial charge in [0.2, 0.25) is 5.43 Å². The van der Waals surface area contributed by atoms with Gasteiger partial charge in [0.05, 0.1) is 37.9 Å². The normalized spacial score (nSPS) is 11.2. The molecule has 7 heteroatoms. The third-order valence-electron chi connectivity index (χ3n) is 7.91. The molecule has 0 saturated heterocycles. The SMILES string of the molecule is CCCCCCCCCCCCCCCCn1c(-c2ccc(O)c(OC)c2)c(OC)c(=O)c2c(O)cc(OC)cc21. The number of fused-ring (bicyclic) bond motifs is 1. The van der Waals surface area contributed by atoms with E-state index in [1.807, 2.05) is 4.57 Å². The van der Waals surface area contributed by atoms with Crippen molar-refractivity contribution in [2.24, 2.45) is 0 Å². The van der Waals surface area contributed by atoms with Gasteiger partial charge in [-0.1, -0.05) is 90.4 Å². The standard InChI is InChI=1S/C34H49NO6/c1-5-6-7-8-9-10-11-12-13-14-15-16-17-18-21-35-27-23-26(39-2)24-29(37)31(27)33(38)34(41-4)32(35)25-19-20-28(36)30(22-25)40-3/h19-20,22-24,36-37H,5-18,21H2,1-4H3. The van der Waals surface area contributed by atoms with Gasteiger partial charge < -0.3 is 29.0 Å². The van der Waals surface area contributed by atoms with Gasteiger partial charge in [-0.05, 0) is 24.6 Å². The Labute approximate surface area is 245 Å². The molecule has 0 fully saturated rings. The summed E-state index contributed by atoms with van der Waals surface area (Å²) in [5.74, 6) is 0.761. The van der Waals surface area contributed by atoms with Gasteiger partial charge in [-0.2, -0.15) is 0 Å². The first-order valence-corrected chi connectivity index (χ1v) is 15.4. The number of benzene rings is 2. The smallest absolute Gasteiger partial charge is 0.235 e. The van der Waals surface area contributed by atoms with E-state index in [-0.39, 0.29) is 22.6 Å². The van der Waals surface area contributed by atoms with Crippen molar-refractivity contribution >= 4 is 10.9 Å². The van der Waals surface area contributed by atoms with E-state index in [1.165, 1.54) is 98.0 Å². The fourth-order valence-electron chi connectivity index (χ4n) is 5.61. The molecule has 7 nitrogen and oxygen atoms in total. The highest BCUT2D eigenvalue weighted by Gasteiger charge is 2.23. The predicted molar refractivity (Wildman–Crippen MR) is 167 cm³/mol. The topological polar surface area (TPSA) is 90.2 Å². The van der Waals surface area contributed by atoms with Gasteiger partial charge in [0, 0.05) is 24.2 Å². The maximum absolute atomic E-state index is 13.5. The Balaban J connectivity index is 1.72. The van der Waals surface area contributed by atoms with Crippen molar-refractivity contribution in [3.63, 3.8) is 0 Å². The zero-order chi connectivity index (χ0) is 29.6. The Morgan fingerprint density at radius 1 is 0.683 bits per heavy atom. The fourth-order valence-corrected chi connectivity index (χ4v) is 5.61. The Kier molecular flexibility index (Phi) is 13.2. The molecule has 3 rings (SSSR count). The van der Waals surface area contributed by atoms with Crippen molar-refractivity contribution in [1.82, 2.24) is 4.57 Å². The fraction of sp³-hybridized carbons (Fsp3) is 0.559. The minimum atomic E-state index is -0.401. The number of aromatic nitrogens is 1. The monoisotopic (exact) mass is 567 g/mol. The third kappa shape index (κ3) is 8.57. The summed E-state index contributed by atoms with van der Waals surface area (Å²) in [6.07, 6.45) is 17.8. The average Bonchev–Trinajstić information content (AvgIpc) is 2.98. The molecule has 0 unspecified atom stereocenters. The number of aryl methyl sites for hydroxylation is 1. The zero-order valence-electron chi connectivity index (χ0n) is 25.5. The first-order chi connectivity index (χ1) is 20.0. The summed E-state index contributed by atoms with van der Waals surface area (Å²) in [6.45, 7) is 2.88. The molecule has 0 saturated carbocycles. The molecule has 0 atom stereocenters. The number of nitrogens with zero attached hydrogens (tertiary/aromatic N) is 1. The van der Waals surface area contributed by atoms with Gasteiger partial charge in [-0.15, -0.1) is 0 Å². The van der Waals surface area contributed by atoms with E-state index in [4.69, 9.17) is 14.2 Å². The van der Waals surface area contributed by atoms with Crippen LogP contribution in [-0.2, 0) is 6.54 Å². The summed E-state index contributed by atoms with van der Waals surface area (Å²) in [5.41, 5.74) is 1.42. The molecule has 0 spiro atoms. The van der Waals surface area contributed by atoms with Gasteiger partial charge in [-0.3, -0.25) is 4.79 Å². The van der Waals surface area contributed by atoms with Crippen LogP contribution in [0.4, 0.5) is 0 Å². The quantitative estimate of drug-likeness (QED) is 0.141. The molecule has 41 heavy (non-hydrogen) atoms. The van der Waals surface area contributed by atoms with Crippen molar-refractivity contribution < 1.29 is 24.4 Å². The second-order valence-electron chi connectivity index (χ2n) is 10.9. The lowest BCUT2D eigenvalue weighted by Gasteiger charge is -2.21. The highest BCUT2D eigenvalue weighted by Crippen LogP contribution is 2.39. The summed E-state index contributed by atoms with van der Waals surface area (Å²) in [5, 5.41) is 21.2. The molecule has 226 valence electrons. The molecule has 0 aliphatic carbocycles. The molecular formula is C34H49NO6. The van der Waals surface area contributed by atoms with Crippen molar-refractivity contribution in [3.05, 3.63) is 40.6 Å². The molecule has 1 heterocycles. The van der Waals surface area contributed by atoms with Gasteiger partial charge in [0.1, 0.15) is 11.5 Å². The molecule has 2 N–H and O–H groups in total. The second-order valence-corrected chi connectivity index (χ2v) is 10.9. The van der Waals surface area contributed by atoms with Crippen molar-refractivity contribution in [2.75, 3.05) is 21.3 Å². The van der Waals surface area contributed by atoms with Crippen LogP contribution in [-0.4, -0.2) is 36.1 Å². The van der Waals surface area contributed by atoms with Crippen LogP contribution in [0.1, 0.15) is 96.8 Å². The van der Waals surface area contributed by atoms with Gasteiger partial charge >= 0.3 is 0 Å². The predicted octanol–water partition coefficient (Wildman–Crippen LogP) is 8.59. The second kappa shape index (κ2) is 16.8. The van der Waals surface area contributed by atoms with Crippen LogP contribution in [0.2, 0.25) is 0 Å². The molecule has 0 bridgehead atoms. The maximum atomic E-state index is 13.5. The molecule has 0 amide bonds. The van der Waals surface area contributed by atoms with E-state index in [2.05, 4.69) is 6.92 Å². The van der Waals surface area contributed by atoms with E-state index in [0.717, 1.165) is 19.3 Å². The van der Waals surface area contributed by atoms with Gasteiger partial charge in [0.15, 0.2) is 17.2 Å². The third-order valence-corrected chi connectivity index (χ3v) is 7.91. The Morgan fingerprint density at radius 3 is 1.80 bits per heavy atom. The van der Waals surface area contributed by atoms with Gasteiger partial charge in [-0.25, -0.2) is 0 Å². The highest BCUT2D eigenvalue weighted by molar-refractivity contribution is 5.91. The number of unbranched alkanes of at least 4 members (excludes halogenated alkanes) is 13. The van der Waals surface area contributed by atoms with Crippen molar-refractivity contribution in [1.29, 1.82) is 0 Å². The Bertz CT molecular complexity index is 1300.